The van der Waals surface area contributed by atoms with Crippen molar-refractivity contribution in [1.82, 2.24) is 10.3 Å². The number of nitrogens with zero attached hydrogens (tertiary/aromatic N) is 1. The van der Waals surface area contributed by atoms with E-state index in [1.165, 1.54) is 0 Å². The Labute approximate surface area is 190 Å². The van der Waals surface area contributed by atoms with Gasteiger partial charge in [-0.3, -0.25) is 0 Å². The van der Waals surface area contributed by atoms with Crippen LogP contribution >= 0.6 is 0 Å². The number of hydrogen-bond acceptors (Lipinski definition) is 6. The number of pyridine rings is 1. The molecule has 170 valence electrons. The lowest BCUT2D eigenvalue weighted by Gasteiger charge is -2.32. The van der Waals surface area contributed by atoms with E-state index in [9.17, 15) is 4.79 Å². The van der Waals surface area contributed by atoms with Crippen LogP contribution in [0.2, 0.25) is 0 Å². The van der Waals surface area contributed by atoms with Gasteiger partial charge in [-0.2, -0.15) is 0 Å². The largest absolute Gasteiger partial charge is 0.492 e. The fourth-order valence-electron chi connectivity index (χ4n) is 3.07. The average molecular weight is 438 g/mol. The van der Waals surface area contributed by atoms with Crippen molar-refractivity contribution >= 4 is 19.3 Å². The van der Waals surface area contributed by atoms with Gasteiger partial charge in [0, 0.05) is 18.8 Å². The number of nitrogens with one attached hydrogen (secondary N) is 1. The first-order chi connectivity index (χ1) is 15.2. The molecule has 0 bridgehead atoms. The lowest BCUT2D eigenvalue weighted by atomic mass is 9.77. The zero-order valence-electron chi connectivity index (χ0n) is 19.4. The topological polar surface area (TPSA) is 78.9 Å². The summed E-state index contributed by atoms with van der Waals surface area (Å²) in [6.07, 6.45) is 3.10. The molecule has 32 heavy (non-hydrogen) atoms. The third-order valence-electron chi connectivity index (χ3n) is 5.61. The Morgan fingerprint density at radius 3 is 2.38 bits per heavy atom. The minimum atomic E-state index is -0.610. The van der Waals surface area contributed by atoms with Crippen molar-refractivity contribution in [2.24, 2.45) is 0 Å². The van der Waals surface area contributed by atoms with Gasteiger partial charge in [-0.1, -0.05) is 36.4 Å². The molecular weight excluding hydrogens is 407 g/mol. The van der Waals surface area contributed by atoms with Crippen molar-refractivity contribution in [3.63, 3.8) is 0 Å². The fraction of sp³-hybridized carbons (Fsp3) is 0.417. The SMILES string of the molecule is CCOc1ccc(C=C(CNC(=O)OCc2ccccc2)B2OC(C)(C)C(C)(C)O2)cn1. The predicted molar refractivity (Wildman–Crippen MR) is 124 cm³/mol. The number of amides is 1. The highest BCUT2D eigenvalue weighted by molar-refractivity contribution is 6.56. The number of alkyl carbamates (subject to hydrolysis) is 1. The molecule has 0 unspecified atom stereocenters. The van der Waals surface area contributed by atoms with Crippen molar-refractivity contribution in [2.75, 3.05) is 13.2 Å². The molecule has 0 radical (unpaired) electrons. The van der Waals surface area contributed by atoms with Crippen LogP contribution < -0.4 is 10.1 Å². The van der Waals surface area contributed by atoms with E-state index in [-0.39, 0.29) is 13.2 Å². The molecule has 1 fully saturated rings. The summed E-state index contributed by atoms with van der Waals surface area (Å²) in [6, 6.07) is 13.2. The Kier molecular flexibility index (Phi) is 7.58. The van der Waals surface area contributed by atoms with Crippen LogP contribution in [0.5, 0.6) is 5.88 Å². The molecule has 1 N–H and O–H groups in total. The van der Waals surface area contributed by atoms with E-state index >= 15 is 0 Å². The van der Waals surface area contributed by atoms with Crippen LogP contribution in [0.15, 0.2) is 54.1 Å². The Bertz CT molecular complexity index is 913. The first kappa shape index (κ1) is 23.8. The van der Waals surface area contributed by atoms with Crippen LogP contribution in [-0.4, -0.2) is 42.5 Å². The molecule has 7 nitrogen and oxygen atoms in total. The molecule has 1 aromatic heterocycles. The number of benzene rings is 1. The first-order valence-electron chi connectivity index (χ1n) is 10.8. The summed E-state index contributed by atoms with van der Waals surface area (Å²) in [5.41, 5.74) is 1.53. The lowest BCUT2D eigenvalue weighted by Crippen LogP contribution is -2.41. The van der Waals surface area contributed by atoms with Gasteiger partial charge in [-0.15, -0.1) is 0 Å². The summed E-state index contributed by atoms with van der Waals surface area (Å²) in [5.74, 6) is 0.560. The number of carbonyl (C=O) groups is 1. The summed E-state index contributed by atoms with van der Waals surface area (Å²) in [7, 11) is -0.610. The maximum Gasteiger partial charge on any atom is 0.492 e. The molecule has 0 aliphatic carbocycles. The number of carbonyl (C=O) groups excluding carboxylic acids is 1. The van der Waals surface area contributed by atoms with Gasteiger partial charge >= 0.3 is 13.2 Å². The molecular formula is C24H31BN2O5. The van der Waals surface area contributed by atoms with Gasteiger partial charge in [0.15, 0.2) is 0 Å². The summed E-state index contributed by atoms with van der Waals surface area (Å²) >= 11 is 0. The molecule has 3 rings (SSSR count). The average Bonchev–Trinajstić information content (AvgIpc) is 2.98. The lowest BCUT2D eigenvalue weighted by molar-refractivity contribution is 0.00578. The molecule has 1 aliphatic heterocycles. The highest BCUT2D eigenvalue weighted by atomic mass is 16.7. The number of ether oxygens (including phenoxy) is 2. The quantitative estimate of drug-likeness (QED) is 0.615. The van der Waals surface area contributed by atoms with Crippen LogP contribution in [0.4, 0.5) is 4.79 Å². The molecule has 8 heteroatoms. The second-order valence-electron chi connectivity index (χ2n) is 8.59. The van der Waals surface area contributed by atoms with Gasteiger partial charge in [-0.05, 0) is 57.3 Å². The van der Waals surface area contributed by atoms with E-state index in [1.807, 2.05) is 77.1 Å². The molecule has 0 atom stereocenters. The van der Waals surface area contributed by atoms with E-state index in [1.54, 1.807) is 12.3 Å². The van der Waals surface area contributed by atoms with Crippen LogP contribution in [0.25, 0.3) is 6.08 Å². The van der Waals surface area contributed by atoms with Gasteiger partial charge in [0.2, 0.25) is 5.88 Å². The van der Waals surface area contributed by atoms with E-state index in [0.717, 1.165) is 16.6 Å². The zero-order chi connectivity index (χ0) is 23.2. The third kappa shape index (κ3) is 6.11. The Balaban J connectivity index is 1.71. The summed E-state index contributed by atoms with van der Waals surface area (Å²) in [6.45, 7) is 10.8. The molecule has 0 spiro atoms. The second-order valence-corrected chi connectivity index (χ2v) is 8.59. The van der Waals surface area contributed by atoms with Crippen molar-refractivity contribution in [2.45, 2.75) is 52.4 Å². The number of aromatic nitrogens is 1. The maximum absolute atomic E-state index is 12.3. The summed E-state index contributed by atoms with van der Waals surface area (Å²) in [4.78, 5) is 16.6. The van der Waals surface area contributed by atoms with E-state index in [4.69, 9.17) is 18.8 Å². The Morgan fingerprint density at radius 2 is 1.78 bits per heavy atom. The van der Waals surface area contributed by atoms with E-state index in [0.29, 0.717) is 12.5 Å². The van der Waals surface area contributed by atoms with Gasteiger partial charge in [0.1, 0.15) is 6.61 Å². The van der Waals surface area contributed by atoms with Gasteiger partial charge in [0.05, 0.1) is 17.8 Å². The highest BCUT2D eigenvalue weighted by Gasteiger charge is 2.52. The summed E-state index contributed by atoms with van der Waals surface area (Å²) in [5, 5.41) is 2.80. The van der Waals surface area contributed by atoms with Crippen molar-refractivity contribution in [1.29, 1.82) is 0 Å². The van der Waals surface area contributed by atoms with Crippen LogP contribution in [0.3, 0.4) is 0 Å². The van der Waals surface area contributed by atoms with Crippen molar-refractivity contribution in [3.8, 4) is 5.88 Å². The predicted octanol–water partition coefficient (Wildman–Crippen LogP) is 4.42. The summed E-state index contributed by atoms with van der Waals surface area (Å²) < 4.78 is 23.1. The molecule has 2 aromatic rings. The van der Waals surface area contributed by atoms with Gasteiger partial charge < -0.3 is 24.1 Å². The van der Waals surface area contributed by atoms with Crippen LogP contribution in [0.1, 0.15) is 45.7 Å². The van der Waals surface area contributed by atoms with Crippen molar-refractivity contribution in [3.05, 3.63) is 65.3 Å². The number of rotatable bonds is 8. The molecule has 2 heterocycles. The first-order valence-corrected chi connectivity index (χ1v) is 10.8. The molecule has 1 aliphatic rings. The normalized spacial score (nSPS) is 17.2. The van der Waals surface area contributed by atoms with Gasteiger partial charge in [-0.25, -0.2) is 9.78 Å². The van der Waals surface area contributed by atoms with Gasteiger partial charge in [0.25, 0.3) is 0 Å². The minimum absolute atomic E-state index is 0.199. The maximum atomic E-state index is 12.3. The number of hydrogen-bond donors (Lipinski definition) is 1. The Hall–Kier alpha value is -2.84. The minimum Gasteiger partial charge on any atom is -0.478 e. The molecule has 1 saturated heterocycles. The molecule has 1 aromatic carbocycles. The van der Waals surface area contributed by atoms with E-state index in [2.05, 4.69) is 10.3 Å². The fourth-order valence-corrected chi connectivity index (χ4v) is 3.07. The molecule has 1 amide bonds. The Morgan fingerprint density at radius 1 is 1.09 bits per heavy atom. The van der Waals surface area contributed by atoms with Crippen LogP contribution in [0, 0.1) is 0 Å². The molecule has 0 saturated carbocycles. The highest BCUT2D eigenvalue weighted by Crippen LogP contribution is 2.38. The standard InChI is InChI=1S/C24H31BN2O5/c1-6-29-21-13-12-19(15-26-21)14-20(25-31-23(2,3)24(4,5)32-25)16-27-22(28)30-17-18-10-8-7-9-11-18/h7-15H,6,16-17H2,1-5H3,(H,27,28). The third-order valence-corrected chi connectivity index (χ3v) is 5.61. The van der Waals surface area contributed by atoms with Crippen LogP contribution in [-0.2, 0) is 20.7 Å². The van der Waals surface area contributed by atoms with E-state index < -0.39 is 24.4 Å². The smallest absolute Gasteiger partial charge is 0.478 e. The second kappa shape index (κ2) is 10.2. The zero-order valence-corrected chi connectivity index (χ0v) is 19.4. The monoisotopic (exact) mass is 438 g/mol. The van der Waals surface area contributed by atoms with Crippen molar-refractivity contribution < 1.29 is 23.6 Å².